The number of aromatic nitrogens is 2. The van der Waals surface area contributed by atoms with E-state index in [4.69, 9.17) is 0 Å². The third kappa shape index (κ3) is 2.48. The molecule has 3 rings (SSSR count). The van der Waals surface area contributed by atoms with Gasteiger partial charge in [-0.2, -0.15) is 4.98 Å². The second kappa shape index (κ2) is 5.03. The van der Waals surface area contributed by atoms with Gasteiger partial charge in [0.05, 0.1) is 5.52 Å². The van der Waals surface area contributed by atoms with Crippen LogP contribution in [0.1, 0.15) is 26.2 Å². The first kappa shape index (κ1) is 12.2. The Hall–Kier alpha value is -1.84. The Morgan fingerprint density at radius 2 is 2.16 bits per heavy atom. The van der Waals surface area contributed by atoms with Crippen LogP contribution in [0.4, 0.5) is 5.82 Å². The van der Waals surface area contributed by atoms with Crippen molar-refractivity contribution in [3.05, 3.63) is 34.7 Å². The third-order valence-corrected chi connectivity index (χ3v) is 3.59. The van der Waals surface area contributed by atoms with Crippen molar-refractivity contribution in [2.75, 3.05) is 11.9 Å². The summed E-state index contributed by atoms with van der Waals surface area (Å²) in [4.78, 5) is 16.3. The number of anilines is 1. The Morgan fingerprint density at radius 1 is 1.37 bits per heavy atom. The van der Waals surface area contributed by atoms with Crippen LogP contribution >= 0.6 is 0 Å². The molecule has 1 aliphatic rings. The summed E-state index contributed by atoms with van der Waals surface area (Å²) in [6, 6.07) is 7.99. The van der Waals surface area contributed by atoms with E-state index >= 15 is 0 Å². The number of para-hydroxylation sites is 1. The molecule has 100 valence electrons. The smallest absolute Gasteiger partial charge is 0.350 e. The molecule has 1 N–H and O–H groups in total. The minimum atomic E-state index is -0.154. The summed E-state index contributed by atoms with van der Waals surface area (Å²) in [5.41, 5.74) is 0.821. The Balaban J connectivity index is 2.06. The first-order valence-electron chi connectivity index (χ1n) is 7.03. The van der Waals surface area contributed by atoms with Gasteiger partial charge in [0.2, 0.25) is 0 Å². The number of hydrogen-bond acceptors (Lipinski definition) is 3. The largest absolute Gasteiger partial charge is 0.369 e. The normalized spacial score (nSPS) is 14.8. The lowest BCUT2D eigenvalue weighted by Crippen LogP contribution is -2.25. The van der Waals surface area contributed by atoms with Crippen LogP contribution < -0.4 is 11.0 Å². The molecule has 1 aromatic carbocycles. The molecule has 0 saturated heterocycles. The van der Waals surface area contributed by atoms with E-state index in [1.54, 1.807) is 4.57 Å². The molecule has 0 bridgehead atoms. The van der Waals surface area contributed by atoms with Gasteiger partial charge in [-0.25, -0.2) is 4.79 Å². The summed E-state index contributed by atoms with van der Waals surface area (Å²) in [5.74, 6) is 1.50. The first-order chi connectivity index (χ1) is 9.29. The van der Waals surface area contributed by atoms with Crippen LogP contribution in [0.15, 0.2) is 29.1 Å². The van der Waals surface area contributed by atoms with Crippen LogP contribution in [0.2, 0.25) is 0 Å². The highest BCUT2D eigenvalue weighted by Crippen LogP contribution is 2.29. The highest BCUT2D eigenvalue weighted by atomic mass is 16.1. The van der Waals surface area contributed by atoms with Gasteiger partial charge in [-0.05, 0) is 37.3 Å². The number of fused-ring (bicyclic) bond motifs is 1. The van der Waals surface area contributed by atoms with Gasteiger partial charge in [-0.3, -0.25) is 4.57 Å². The van der Waals surface area contributed by atoms with E-state index in [0.717, 1.165) is 42.1 Å². The van der Waals surface area contributed by atoms with Gasteiger partial charge in [-0.15, -0.1) is 0 Å². The van der Waals surface area contributed by atoms with E-state index < -0.39 is 0 Å². The van der Waals surface area contributed by atoms with Crippen LogP contribution in [0.3, 0.4) is 0 Å². The summed E-state index contributed by atoms with van der Waals surface area (Å²) in [6.07, 6.45) is 3.51. The lowest BCUT2D eigenvalue weighted by atomic mass is 10.2. The van der Waals surface area contributed by atoms with Crippen molar-refractivity contribution in [1.29, 1.82) is 0 Å². The Kier molecular flexibility index (Phi) is 3.23. The molecule has 0 atom stereocenters. The van der Waals surface area contributed by atoms with Crippen molar-refractivity contribution in [1.82, 2.24) is 9.55 Å². The van der Waals surface area contributed by atoms with Gasteiger partial charge >= 0.3 is 5.69 Å². The zero-order chi connectivity index (χ0) is 13.2. The number of nitrogens with zero attached hydrogens (tertiary/aromatic N) is 2. The minimum Gasteiger partial charge on any atom is -0.369 e. The minimum absolute atomic E-state index is 0.154. The number of nitrogens with one attached hydrogen (secondary N) is 1. The average Bonchev–Trinajstić information content (AvgIpc) is 3.24. The molecule has 0 unspecified atom stereocenters. The van der Waals surface area contributed by atoms with Crippen LogP contribution in [-0.4, -0.2) is 16.1 Å². The van der Waals surface area contributed by atoms with Crippen LogP contribution in [0, 0.1) is 5.92 Å². The van der Waals surface area contributed by atoms with Gasteiger partial charge in [0.1, 0.15) is 5.82 Å². The van der Waals surface area contributed by atoms with Gasteiger partial charge < -0.3 is 5.32 Å². The van der Waals surface area contributed by atoms with Crippen molar-refractivity contribution in [3.8, 4) is 0 Å². The quantitative estimate of drug-likeness (QED) is 0.895. The van der Waals surface area contributed by atoms with Gasteiger partial charge in [0, 0.05) is 18.5 Å². The maximum absolute atomic E-state index is 12.1. The summed E-state index contributed by atoms with van der Waals surface area (Å²) in [7, 11) is 0. The molecule has 19 heavy (non-hydrogen) atoms. The van der Waals surface area contributed by atoms with Crippen molar-refractivity contribution in [2.45, 2.75) is 32.7 Å². The topological polar surface area (TPSA) is 46.9 Å². The molecule has 1 aliphatic carbocycles. The van der Waals surface area contributed by atoms with E-state index in [0.29, 0.717) is 0 Å². The van der Waals surface area contributed by atoms with Crippen LogP contribution in [-0.2, 0) is 6.54 Å². The van der Waals surface area contributed by atoms with Crippen molar-refractivity contribution < 1.29 is 0 Å². The van der Waals surface area contributed by atoms with E-state index in [2.05, 4.69) is 17.2 Å². The zero-order valence-electron chi connectivity index (χ0n) is 11.2. The molecule has 2 aromatic rings. The fourth-order valence-electron chi connectivity index (χ4n) is 2.37. The molecular weight excluding hydrogens is 238 g/mol. The lowest BCUT2D eigenvalue weighted by molar-refractivity contribution is 0.660. The molecule has 0 spiro atoms. The summed E-state index contributed by atoms with van der Waals surface area (Å²) in [5, 5.41) is 4.37. The molecule has 1 saturated carbocycles. The molecule has 1 aromatic heterocycles. The third-order valence-electron chi connectivity index (χ3n) is 3.59. The van der Waals surface area contributed by atoms with Gasteiger partial charge in [0.15, 0.2) is 0 Å². The predicted molar refractivity (Wildman–Crippen MR) is 77.5 cm³/mol. The first-order valence-corrected chi connectivity index (χ1v) is 7.03. The van der Waals surface area contributed by atoms with Gasteiger partial charge in [-0.1, -0.05) is 19.1 Å². The number of rotatable bonds is 5. The van der Waals surface area contributed by atoms with Gasteiger partial charge in [0.25, 0.3) is 0 Å². The molecule has 4 heteroatoms. The predicted octanol–water partition coefficient (Wildman–Crippen LogP) is 2.63. The molecule has 0 aliphatic heterocycles. The zero-order valence-corrected chi connectivity index (χ0v) is 11.2. The van der Waals surface area contributed by atoms with E-state index in [1.165, 1.54) is 12.8 Å². The molecule has 0 amide bonds. The second-order valence-corrected chi connectivity index (χ2v) is 5.24. The lowest BCUT2D eigenvalue weighted by Gasteiger charge is -2.12. The summed E-state index contributed by atoms with van der Waals surface area (Å²) in [6.45, 7) is 3.71. The highest BCUT2D eigenvalue weighted by Gasteiger charge is 2.21. The maximum Gasteiger partial charge on any atom is 0.350 e. The van der Waals surface area contributed by atoms with E-state index in [9.17, 15) is 4.79 Å². The average molecular weight is 257 g/mol. The fourth-order valence-corrected chi connectivity index (χ4v) is 2.37. The van der Waals surface area contributed by atoms with Crippen molar-refractivity contribution in [3.63, 3.8) is 0 Å². The molecule has 1 heterocycles. The van der Waals surface area contributed by atoms with Crippen LogP contribution in [0.5, 0.6) is 0 Å². The van der Waals surface area contributed by atoms with Crippen molar-refractivity contribution in [2.24, 2.45) is 5.92 Å². The molecular formula is C15H19N3O. The van der Waals surface area contributed by atoms with Crippen LogP contribution in [0.25, 0.3) is 10.9 Å². The Morgan fingerprint density at radius 3 is 2.89 bits per heavy atom. The van der Waals surface area contributed by atoms with E-state index in [1.807, 2.05) is 24.3 Å². The Bertz CT molecular complexity index is 643. The summed E-state index contributed by atoms with van der Waals surface area (Å²) >= 11 is 0. The highest BCUT2D eigenvalue weighted by molar-refractivity contribution is 5.89. The second-order valence-electron chi connectivity index (χ2n) is 5.24. The molecule has 1 fully saturated rings. The standard InChI is InChI=1S/C15H19N3O/c1-2-9-18-13-6-4-3-5-12(13)14(17-15(18)19)16-10-11-7-8-11/h3-6,11H,2,7-10H2,1H3,(H,16,17,19). The van der Waals surface area contributed by atoms with E-state index in [-0.39, 0.29) is 5.69 Å². The number of benzene rings is 1. The molecule has 0 radical (unpaired) electrons. The number of aryl methyl sites for hydroxylation is 1. The monoisotopic (exact) mass is 257 g/mol. The molecule has 4 nitrogen and oxygen atoms in total. The Labute approximate surface area is 112 Å². The SMILES string of the molecule is CCCn1c(=O)nc(NCC2CC2)c2ccccc21. The van der Waals surface area contributed by atoms with Crippen molar-refractivity contribution >= 4 is 16.7 Å². The maximum atomic E-state index is 12.1. The number of hydrogen-bond donors (Lipinski definition) is 1. The fraction of sp³-hybridized carbons (Fsp3) is 0.467. The summed E-state index contributed by atoms with van der Waals surface area (Å²) < 4.78 is 1.76.